The van der Waals surface area contributed by atoms with E-state index in [1.54, 1.807) is 0 Å². The average molecular weight is 326 g/mol. The summed E-state index contributed by atoms with van der Waals surface area (Å²) in [6.45, 7) is 2.48. The van der Waals surface area contributed by atoms with E-state index in [-0.39, 0.29) is 6.92 Å². The Hall–Kier alpha value is -0.600. The first kappa shape index (κ1) is 16.8. The molecule has 2 fully saturated rings. The minimum absolute atomic E-state index is 0.201. The van der Waals surface area contributed by atoms with Gasteiger partial charge in [0.25, 0.3) is 5.92 Å². The summed E-state index contributed by atoms with van der Waals surface area (Å²) >= 11 is 0. The zero-order chi connectivity index (χ0) is 16.6. The fraction of sp³-hybridized carbons (Fsp3) is 1.00. The van der Waals surface area contributed by atoms with E-state index in [0.29, 0.717) is 0 Å². The fourth-order valence-corrected chi connectivity index (χ4v) is 3.44. The summed E-state index contributed by atoms with van der Waals surface area (Å²) in [5, 5.41) is 0. The predicted molar refractivity (Wildman–Crippen MR) is 55.6 cm³/mol. The molecule has 2 aliphatic heterocycles. The summed E-state index contributed by atoms with van der Waals surface area (Å²) < 4.78 is 111. The van der Waals surface area contributed by atoms with Crippen molar-refractivity contribution in [1.82, 2.24) is 0 Å². The standard InChI is InChI=1S/C12H14F8O/c1-4-5(2)8-10(13,14)7(6(4)21-8)9(3,11(15,16)17)12(18,19)20/h4-8H,1-3H3. The Kier molecular flexibility index (Phi) is 3.38. The summed E-state index contributed by atoms with van der Waals surface area (Å²) in [5.41, 5.74) is -4.52. The molecule has 0 aromatic rings. The van der Waals surface area contributed by atoms with E-state index < -0.39 is 53.7 Å². The van der Waals surface area contributed by atoms with Crippen molar-refractivity contribution < 1.29 is 39.9 Å². The van der Waals surface area contributed by atoms with Crippen molar-refractivity contribution in [3.05, 3.63) is 0 Å². The molecule has 0 aromatic heterocycles. The first-order valence-electron chi connectivity index (χ1n) is 6.34. The summed E-state index contributed by atoms with van der Waals surface area (Å²) in [6, 6.07) is 0. The molecule has 2 aliphatic rings. The Morgan fingerprint density at radius 2 is 1.29 bits per heavy atom. The van der Waals surface area contributed by atoms with Gasteiger partial charge in [-0.05, 0) is 18.8 Å². The minimum atomic E-state index is -5.85. The van der Waals surface area contributed by atoms with E-state index in [9.17, 15) is 35.1 Å². The third kappa shape index (κ3) is 1.91. The maximum atomic E-state index is 14.2. The molecular weight excluding hydrogens is 312 g/mol. The zero-order valence-electron chi connectivity index (χ0n) is 11.3. The van der Waals surface area contributed by atoms with Gasteiger partial charge in [-0.25, -0.2) is 8.78 Å². The van der Waals surface area contributed by atoms with Crippen molar-refractivity contribution in [2.45, 2.75) is 51.3 Å². The zero-order valence-corrected chi connectivity index (χ0v) is 11.3. The van der Waals surface area contributed by atoms with Crippen LogP contribution in [0.15, 0.2) is 0 Å². The largest absolute Gasteiger partial charge is 0.403 e. The van der Waals surface area contributed by atoms with E-state index >= 15 is 0 Å². The lowest BCUT2D eigenvalue weighted by molar-refractivity contribution is -0.372. The van der Waals surface area contributed by atoms with Gasteiger partial charge in [-0.1, -0.05) is 13.8 Å². The van der Waals surface area contributed by atoms with Crippen molar-refractivity contribution in [3.8, 4) is 0 Å². The van der Waals surface area contributed by atoms with Crippen LogP contribution in [-0.4, -0.2) is 30.5 Å². The van der Waals surface area contributed by atoms with Crippen LogP contribution in [0.3, 0.4) is 0 Å². The van der Waals surface area contributed by atoms with Crippen molar-refractivity contribution in [1.29, 1.82) is 0 Å². The lowest BCUT2D eigenvalue weighted by atomic mass is 9.62. The third-order valence-electron chi connectivity index (χ3n) is 5.05. The summed E-state index contributed by atoms with van der Waals surface area (Å²) in [6.07, 6.45) is -15.4. The van der Waals surface area contributed by atoms with Gasteiger partial charge in [0.2, 0.25) is 0 Å². The molecular formula is C12H14F8O. The van der Waals surface area contributed by atoms with Crippen molar-refractivity contribution in [2.24, 2.45) is 23.2 Å². The van der Waals surface area contributed by atoms with Crippen LogP contribution in [0.1, 0.15) is 20.8 Å². The van der Waals surface area contributed by atoms with E-state index in [1.807, 2.05) is 0 Å². The minimum Gasteiger partial charge on any atom is -0.368 e. The van der Waals surface area contributed by atoms with Crippen molar-refractivity contribution >= 4 is 0 Å². The maximum Gasteiger partial charge on any atom is 0.403 e. The molecule has 0 saturated carbocycles. The summed E-state index contributed by atoms with van der Waals surface area (Å²) in [5.74, 6) is -8.76. The molecule has 0 radical (unpaired) electrons. The molecule has 1 nitrogen and oxygen atoms in total. The van der Waals surface area contributed by atoms with Gasteiger partial charge in [0.15, 0.2) is 5.41 Å². The van der Waals surface area contributed by atoms with Crippen LogP contribution in [0.25, 0.3) is 0 Å². The molecule has 0 N–H and O–H groups in total. The molecule has 2 saturated heterocycles. The molecule has 2 bridgehead atoms. The second kappa shape index (κ2) is 4.23. The quantitative estimate of drug-likeness (QED) is 0.648. The van der Waals surface area contributed by atoms with Gasteiger partial charge in [-0.15, -0.1) is 0 Å². The van der Waals surface area contributed by atoms with Gasteiger partial charge >= 0.3 is 12.4 Å². The smallest absolute Gasteiger partial charge is 0.368 e. The van der Waals surface area contributed by atoms with Crippen LogP contribution < -0.4 is 0 Å². The Labute approximate surface area is 115 Å². The SMILES string of the molecule is CC1C(C)C2OC1C(C(C)(C(F)(F)F)C(F)(F)F)C2(F)F. The van der Waals surface area contributed by atoms with E-state index in [0.717, 1.165) is 0 Å². The number of hydrogen-bond donors (Lipinski definition) is 0. The number of rotatable bonds is 1. The summed E-state index contributed by atoms with van der Waals surface area (Å²) in [7, 11) is 0. The number of ether oxygens (including phenoxy) is 1. The van der Waals surface area contributed by atoms with Crippen LogP contribution in [-0.2, 0) is 4.74 Å². The monoisotopic (exact) mass is 326 g/mol. The predicted octanol–water partition coefficient (Wildman–Crippen LogP) is 4.42. The number of hydrogen-bond acceptors (Lipinski definition) is 1. The fourth-order valence-electron chi connectivity index (χ4n) is 3.44. The molecule has 0 spiro atoms. The number of alkyl halides is 8. The van der Waals surface area contributed by atoms with Crippen LogP contribution in [0.2, 0.25) is 0 Å². The van der Waals surface area contributed by atoms with E-state index in [2.05, 4.69) is 0 Å². The van der Waals surface area contributed by atoms with Crippen LogP contribution in [0.4, 0.5) is 35.1 Å². The molecule has 21 heavy (non-hydrogen) atoms. The first-order chi connectivity index (χ1) is 9.17. The number of fused-ring (bicyclic) bond motifs is 2. The Morgan fingerprint density at radius 1 is 0.857 bits per heavy atom. The van der Waals surface area contributed by atoms with Crippen LogP contribution in [0, 0.1) is 23.2 Å². The average Bonchev–Trinajstić information content (AvgIpc) is 2.69. The van der Waals surface area contributed by atoms with Gasteiger partial charge in [0.05, 0.1) is 12.0 Å². The van der Waals surface area contributed by atoms with E-state index in [4.69, 9.17) is 4.74 Å². The lowest BCUT2D eigenvalue weighted by Gasteiger charge is -2.46. The van der Waals surface area contributed by atoms with Gasteiger partial charge in [-0.3, -0.25) is 0 Å². The normalized spacial score (nSPS) is 39.9. The Bertz CT molecular complexity index is 412. The molecule has 9 heteroatoms. The Morgan fingerprint density at radius 3 is 1.62 bits per heavy atom. The third-order valence-corrected chi connectivity index (χ3v) is 5.05. The number of halogens is 8. The van der Waals surface area contributed by atoms with E-state index in [1.165, 1.54) is 13.8 Å². The molecule has 0 aliphatic carbocycles. The van der Waals surface area contributed by atoms with Gasteiger partial charge in [0.1, 0.15) is 6.10 Å². The molecule has 0 amide bonds. The highest BCUT2D eigenvalue weighted by molar-refractivity contribution is 5.15. The molecule has 0 aromatic carbocycles. The highest BCUT2D eigenvalue weighted by Gasteiger charge is 2.82. The highest BCUT2D eigenvalue weighted by Crippen LogP contribution is 2.67. The van der Waals surface area contributed by atoms with Gasteiger partial charge in [-0.2, -0.15) is 26.3 Å². The molecule has 2 rings (SSSR count). The highest BCUT2D eigenvalue weighted by atomic mass is 19.4. The molecule has 2 heterocycles. The van der Waals surface area contributed by atoms with Crippen LogP contribution >= 0.6 is 0 Å². The molecule has 5 atom stereocenters. The first-order valence-corrected chi connectivity index (χ1v) is 6.34. The maximum absolute atomic E-state index is 14.2. The Balaban J connectivity index is 2.58. The van der Waals surface area contributed by atoms with Crippen molar-refractivity contribution in [3.63, 3.8) is 0 Å². The molecule has 5 unspecified atom stereocenters. The lowest BCUT2D eigenvalue weighted by Crippen LogP contribution is -2.63. The van der Waals surface area contributed by atoms with Crippen molar-refractivity contribution in [2.75, 3.05) is 0 Å². The molecule has 124 valence electrons. The topological polar surface area (TPSA) is 9.23 Å². The second-order valence-corrected chi connectivity index (χ2v) is 6.09. The summed E-state index contributed by atoms with van der Waals surface area (Å²) in [4.78, 5) is 0. The van der Waals surface area contributed by atoms with Gasteiger partial charge < -0.3 is 4.74 Å². The van der Waals surface area contributed by atoms with Gasteiger partial charge in [0, 0.05) is 0 Å². The second-order valence-electron chi connectivity index (χ2n) is 6.09. The van der Waals surface area contributed by atoms with Crippen LogP contribution in [0.5, 0.6) is 0 Å².